The van der Waals surface area contributed by atoms with Crippen LogP contribution in [0.2, 0.25) is 5.02 Å². The topological polar surface area (TPSA) is 117 Å². The van der Waals surface area contributed by atoms with E-state index in [0.717, 1.165) is 48.7 Å². The van der Waals surface area contributed by atoms with Crippen molar-refractivity contribution < 1.29 is 19.4 Å². The van der Waals surface area contributed by atoms with Gasteiger partial charge in [-0.15, -0.1) is 0 Å². The first-order chi connectivity index (χ1) is 21.7. The number of benzene rings is 2. The standard InChI is InChI=1S/C35H46ClN5O4/c1-22(2)31-26-11-5-6-14-29(26)39-32(40-31)30-27(12-7-13-28(30)36)35(44,17-9-18-38-34(43)45-4)24-10-8-19-41(21-24)33(42)23-15-16-25(20-23)37-3/h5-7,11-14,22-25,37,44H,8-10,15-21H2,1-4H3,(H,38,43)/t23-,24-,25+,35+/m1/s1. The number of alkyl carbamates (subject to hydrolysis) is 1. The Hall–Kier alpha value is -3.27. The molecular weight excluding hydrogens is 590 g/mol. The van der Waals surface area contributed by atoms with Gasteiger partial charge in [-0.2, -0.15) is 0 Å². The Balaban J connectivity index is 1.55. The third kappa shape index (κ3) is 7.11. The maximum atomic E-state index is 13.7. The molecule has 2 heterocycles. The Morgan fingerprint density at radius 3 is 2.67 bits per heavy atom. The highest BCUT2D eigenvalue weighted by Crippen LogP contribution is 2.45. The maximum absolute atomic E-state index is 13.7. The summed E-state index contributed by atoms with van der Waals surface area (Å²) in [7, 11) is 3.28. The van der Waals surface area contributed by atoms with E-state index in [9.17, 15) is 14.7 Å². The molecule has 0 radical (unpaired) electrons. The molecule has 2 fully saturated rings. The number of aliphatic hydroxyl groups is 1. The average Bonchev–Trinajstić information content (AvgIpc) is 3.55. The average molecular weight is 636 g/mol. The largest absolute Gasteiger partial charge is 0.453 e. The fourth-order valence-electron chi connectivity index (χ4n) is 7.24. The molecule has 3 N–H and O–H groups in total. The number of carbonyl (C=O) groups is 2. The second-order valence-corrected chi connectivity index (χ2v) is 13.2. The summed E-state index contributed by atoms with van der Waals surface area (Å²) in [4.78, 5) is 37.5. The van der Waals surface area contributed by atoms with Crippen LogP contribution in [-0.2, 0) is 15.1 Å². The van der Waals surface area contributed by atoms with Crippen LogP contribution in [-0.4, -0.2) is 71.8 Å². The third-order valence-electron chi connectivity index (χ3n) is 9.67. The van der Waals surface area contributed by atoms with E-state index in [-0.39, 0.29) is 23.7 Å². The van der Waals surface area contributed by atoms with Crippen molar-refractivity contribution in [3.63, 3.8) is 0 Å². The van der Waals surface area contributed by atoms with E-state index >= 15 is 0 Å². The lowest BCUT2D eigenvalue weighted by molar-refractivity contribution is -0.140. The van der Waals surface area contributed by atoms with Crippen molar-refractivity contribution in [3.05, 3.63) is 58.7 Å². The van der Waals surface area contributed by atoms with Crippen LogP contribution in [0.5, 0.6) is 0 Å². The fraction of sp³-hybridized carbons (Fsp3) is 0.543. The van der Waals surface area contributed by atoms with Crippen molar-refractivity contribution in [2.75, 3.05) is 33.8 Å². The number of halogens is 1. The zero-order valence-corrected chi connectivity index (χ0v) is 27.6. The minimum absolute atomic E-state index is 0.000680. The van der Waals surface area contributed by atoms with Gasteiger partial charge in [0.05, 0.1) is 28.9 Å². The van der Waals surface area contributed by atoms with Crippen LogP contribution >= 0.6 is 11.6 Å². The molecule has 0 spiro atoms. The highest BCUT2D eigenvalue weighted by atomic mass is 35.5. The highest BCUT2D eigenvalue weighted by Gasteiger charge is 2.44. The molecule has 1 saturated heterocycles. The van der Waals surface area contributed by atoms with Gasteiger partial charge in [-0.05, 0) is 75.6 Å². The van der Waals surface area contributed by atoms with Crippen molar-refractivity contribution in [2.24, 2.45) is 11.8 Å². The van der Waals surface area contributed by atoms with Crippen molar-refractivity contribution >= 4 is 34.5 Å². The van der Waals surface area contributed by atoms with Crippen LogP contribution in [0.15, 0.2) is 42.5 Å². The molecule has 1 aliphatic heterocycles. The summed E-state index contributed by atoms with van der Waals surface area (Å²) in [6.45, 7) is 5.67. The summed E-state index contributed by atoms with van der Waals surface area (Å²) in [6, 6.07) is 13.9. The van der Waals surface area contributed by atoms with Gasteiger partial charge in [0.25, 0.3) is 0 Å². The van der Waals surface area contributed by atoms with E-state index in [1.807, 2.05) is 54.4 Å². The molecule has 5 rings (SSSR count). The molecule has 0 bridgehead atoms. The first kappa shape index (κ1) is 33.1. The Labute approximate surface area is 271 Å². The van der Waals surface area contributed by atoms with Gasteiger partial charge in [0, 0.05) is 48.5 Å². The molecule has 1 aliphatic carbocycles. The second kappa shape index (κ2) is 14.4. The van der Waals surface area contributed by atoms with E-state index < -0.39 is 11.7 Å². The number of likely N-dealkylation sites (tertiary alicyclic amines) is 1. The normalized spacial score (nSPS) is 21.6. The number of hydrogen-bond donors (Lipinski definition) is 3. The summed E-state index contributed by atoms with van der Waals surface area (Å²) < 4.78 is 4.75. The van der Waals surface area contributed by atoms with Gasteiger partial charge >= 0.3 is 6.09 Å². The Morgan fingerprint density at radius 1 is 1.13 bits per heavy atom. The molecule has 2 amide bonds. The first-order valence-corrected chi connectivity index (χ1v) is 16.6. The molecule has 45 heavy (non-hydrogen) atoms. The minimum atomic E-state index is -1.37. The molecule has 3 aromatic rings. The Bertz CT molecular complexity index is 1520. The number of ether oxygens (including phenoxy) is 1. The predicted octanol–water partition coefficient (Wildman–Crippen LogP) is 6.02. The fourth-order valence-corrected chi connectivity index (χ4v) is 7.50. The van der Waals surface area contributed by atoms with Gasteiger partial charge in [0.15, 0.2) is 5.82 Å². The van der Waals surface area contributed by atoms with Crippen molar-refractivity contribution in [1.82, 2.24) is 25.5 Å². The number of carbonyl (C=O) groups excluding carboxylic acids is 2. The van der Waals surface area contributed by atoms with Crippen LogP contribution in [0.1, 0.15) is 76.0 Å². The molecule has 242 valence electrons. The predicted molar refractivity (Wildman–Crippen MR) is 177 cm³/mol. The number of aromatic nitrogens is 2. The summed E-state index contributed by atoms with van der Waals surface area (Å²) in [6.07, 6.45) is 4.57. The van der Waals surface area contributed by atoms with Crippen LogP contribution in [0.25, 0.3) is 22.3 Å². The molecule has 1 saturated carbocycles. The first-order valence-electron chi connectivity index (χ1n) is 16.2. The lowest BCUT2D eigenvalue weighted by atomic mass is 9.72. The molecule has 1 aromatic heterocycles. The molecule has 0 unspecified atom stereocenters. The quantitative estimate of drug-likeness (QED) is 0.233. The Morgan fingerprint density at radius 2 is 1.93 bits per heavy atom. The summed E-state index contributed by atoms with van der Waals surface area (Å²) in [5, 5.41) is 20.4. The van der Waals surface area contributed by atoms with Gasteiger partial charge in [-0.25, -0.2) is 14.8 Å². The van der Waals surface area contributed by atoms with Crippen LogP contribution in [0.4, 0.5) is 4.79 Å². The second-order valence-electron chi connectivity index (χ2n) is 12.8. The van der Waals surface area contributed by atoms with Gasteiger partial charge < -0.3 is 25.4 Å². The number of para-hydroxylation sites is 1. The molecule has 2 aromatic carbocycles. The van der Waals surface area contributed by atoms with E-state index in [1.54, 1.807) is 0 Å². The molecule has 10 heteroatoms. The van der Waals surface area contributed by atoms with E-state index in [4.69, 9.17) is 26.3 Å². The zero-order chi connectivity index (χ0) is 32.1. The van der Waals surface area contributed by atoms with Crippen molar-refractivity contribution in [2.45, 2.75) is 76.4 Å². The van der Waals surface area contributed by atoms with Gasteiger partial charge in [0.2, 0.25) is 5.91 Å². The smallest absolute Gasteiger partial charge is 0.406 e. The highest BCUT2D eigenvalue weighted by molar-refractivity contribution is 6.33. The minimum Gasteiger partial charge on any atom is -0.453 e. The molecular formula is C35H46ClN5O4. The van der Waals surface area contributed by atoms with Gasteiger partial charge in [0.1, 0.15) is 0 Å². The third-order valence-corrected chi connectivity index (χ3v) is 9.99. The van der Waals surface area contributed by atoms with Crippen LogP contribution in [0, 0.1) is 11.8 Å². The number of nitrogens with one attached hydrogen (secondary N) is 2. The number of nitrogens with zero attached hydrogens (tertiary/aromatic N) is 3. The zero-order valence-electron chi connectivity index (χ0n) is 26.8. The summed E-state index contributed by atoms with van der Waals surface area (Å²) >= 11 is 6.97. The summed E-state index contributed by atoms with van der Waals surface area (Å²) in [5.74, 6) is 0.537. The monoisotopic (exact) mass is 635 g/mol. The number of hydrogen-bond acceptors (Lipinski definition) is 7. The molecule has 4 atom stereocenters. The number of rotatable bonds is 10. The molecule has 9 nitrogen and oxygen atoms in total. The van der Waals surface area contributed by atoms with Gasteiger partial charge in [-0.1, -0.05) is 55.8 Å². The Kier molecular flexibility index (Phi) is 10.6. The number of methoxy groups -OCH3 is 1. The number of fused-ring (bicyclic) bond motifs is 1. The van der Waals surface area contributed by atoms with Crippen LogP contribution < -0.4 is 10.6 Å². The summed E-state index contributed by atoms with van der Waals surface area (Å²) in [5.41, 5.74) is 1.61. The lowest BCUT2D eigenvalue weighted by Gasteiger charge is -2.44. The van der Waals surface area contributed by atoms with Gasteiger partial charge in [-0.3, -0.25) is 4.79 Å². The van der Waals surface area contributed by atoms with E-state index in [0.29, 0.717) is 60.5 Å². The number of piperidine rings is 1. The van der Waals surface area contributed by atoms with E-state index in [2.05, 4.69) is 24.5 Å². The number of amides is 2. The van der Waals surface area contributed by atoms with Crippen molar-refractivity contribution in [3.8, 4) is 11.4 Å². The lowest BCUT2D eigenvalue weighted by Crippen LogP contribution is -2.49. The van der Waals surface area contributed by atoms with Crippen molar-refractivity contribution in [1.29, 1.82) is 0 Å². The maximum Gasteiger partial charge on any atom is 0.406 e. The van der Waals surface area contributed by atoms with Crippen LogP contribution in [0.3, 0.4) is 0 Å². The molecule has 2 aliphatic rings. The SMILES string of the molecule is CN[C@H]1CC[C@@H](C(=O)N2CCC[C@@H]([C@@](O)(CCCNC(=O)OC)c3cccc(Cl)c3-c3nc(C(C)C)c4ccccc4n3)C2)C1. The van der Waals surface area contributed by atoms with E-state index in [1.165, 1.54) is 7.11 Å².